The molecule has 3 rings (SSSR count). The number of anilines is 1. The summed E-state index contributed by atoms with van der Waals surface area (Å²) in [5, 5.41) is 2.54. The van der Waals surface area contributed by atoms with Crippen LogP contribution in [-0.2, 0) is 10.0 Å². The normalized spacial score (nSPS) is 11.2. The molecular formula is C17H15ClN4O4S2. The first-order valence-electron chi connectivity index (χ1n) is 8.01. The molecule has 2 aromatic heterocycles. The van der Waals surface area contributed by atoms with Crippen LogP contribution in [0.5, 0.6) is 0 Å². The second kappa shape index (κ2) is 8.55. The van der Waals surface area contributed by atoms with Gasteiger partial charge in [-0.3, -0.25) is 23.9 Å². The van der Waals surface area contributed by atoms with E-state index in [-0.39, 0.29) is 23.8 Å². The summed E-state index contributed by atoms with van der Waals surface area (Å²) in [7, 11) is -3.66. The van der Waals surface area contributed by atoms with Crippen LogP contribution in [-0.4, -0.2) is 36.2 Å². The van der Waals surface area contributed by atoms with Gasteiger partial charge in [-0.1, -0.05) is 11.6 Å². The number of sulfonamides is 1. The number of rotatable bonds is 7. The fraction of sp³-hybridized carbons (Fsp3) is 0.118. The molecule has 8 nitrogen and oxygen atoms in total. The smallest absolute Gasteiger partial charge is 0.273 e. The highest BCUT2D eigenvalue weighted by Crippen LogP contribution is 2.21. The summed E-state index contributed by atoms with van der Waals surface area (Å²) in [5.74, 6) is -0.664. The highest BCUT2D eigenvalue weighted by Gasteiger charge is 2.13. The van der Waals surface area contributed by atoms with Crippen molar-refractivity contribution < 1.29 is 13.2 Å². The third-order valence-corrected chi connectivity index (χ3v) is 6.11. The highest BCUT2D eigenvalue weighted by atomic mass is 35.5. The summed E-state index contributed by atoms with van der Waals surface area (Å²) in [4.78, 5) is 27.8. The SMILES string of the molecule is O=C(NCCS(=O)(=O)Nc1ccc(-n2ccncc2=O)cc1)c1ccc(Cl)s1. The Bertz CT molecular complexity index is 1140. The standard InChI is InChI=1S/C17H15ClN4O4S2/c18-15-6-5-14(27-15)17(24)20-8-10-28(25,26)21-12-1-3-13(4-2-12)22-9-7-19-11-16(22)23/h1-7,9,11,21H,8,10H2,(H,20,24). The Morgan fingerprint density at radius 3 is 2.57 bits per heavy atom. The zero-order valence-corrected chi connectivity index (χ0v) is 16.7. The van der Waals surface area contributed by atoms with Crippen LogP contribution in [0.15, 0.2) is 59.8 Å². The molecule has 0 atom stereocenters. The number of nitrogens with one attached hydrogen (secondary N) is 2. The molecule has 0 saturated carbocycles. The minimum Gasteiger partial charge on any atom is -0.350 e. The number of carbonyl (C=O) groups excluding carboxylic acids is 1. The maximum Gasteiger partial charge on any atom is 0.273 e. The van der Waals surface area contributed by atoms with E-state index >= 15 is 0 Å². The Kier molecular flexibility index (Phi) is 6.12. The largest absolute Gasteiger partial charge is 0.350 e. The Morgan fingerprint density at radius 1 is 1.18 bits per heavy atom. The van der Waals surface area contributed by atoms with Crippen molar-refractivity contribution in [2.45, 2.75) is 0 Å². The summed E-state index contributed by atoms with van der Waals surface area (Å²) in [6, 6.07) is 9.50. The van der Waals surface area contributed by atoms with E-state index < -0.39 is 10.0 Å². The molecule has 0 aliphatic rings. The molecule has 0 aliphatic heterocycles. The van der Waals surface area contributed by atoms with Crippen LogP contribution >= 0.6 is 22.9 Å². The molecule has 0 radical (unpaired) electrons. The Hall–Kier alpha value is -2.69. The van der Waals surface area contributed by atoms with Crippen molar-refractivity contribution in [1.29, 1.82) is 0 Å². The zero-order valence-electron chi connectivity index (χ0n) is 14.3. The third kappa shape index (κ3) is 5.18. The van der Waals surface area contributed by atoms with Gasteiger partial charge in [-0.2, -0.15) is 0 Å². The molecule has 2 N–H and O–H groups in total. The topological polar surface area (TPSA) is 110 Å². The maximum absolute atomic E-state index is 12.2. The number of thiophene rings is 1. The van der Waals surface area contributed by atoms with Crippen molar-refractivity contribution in [2.24, 2.45) is 0 Å². The fourth-order valence-corrected chi connectivity index (χ4v) is 4.23. The molecule has 146 valence electrons. The van der Waals surface area contributed by atoms with Crippen molar-refractivity contribution in [3.63, 3.8) is 0 Å². The zero-order chi connectivity index (χ0) is 20.1. The predicted octanol–water partition coefficient (Wildman–Crippen LogP) is 2.12. The number of nitrogens with zero attached hydrogens (tertiary/aromatic N) is 2. The molecule has 0 fully saturated rings. The molecule has 0 bridgehead atoms. The lowest BCUT2D eigenvalue weighted by molar-refractivity contribution is 0.0960. The van der Waals surface area contributed by atoms with E-state index in [0.29, 0.717) is 20.6 Å². The fourth-order valence-electron chi connectivity index (χ4n) is 2.30. The quantitative estimate of drug-likeness (QED) is 0.587. The number of amides is 1. The Balaban J connectivity index is 1.57. The van der Waals surface area contributed by atoms with Gasteiger partial charge >= 0.3 is 0 Å². The second-order valence-corrected chi connectivity index (χ2v) is 9.17. The van der Waals surface area contributed by atoms with Gasteiger partial charge in [-0.15, -0.1) is 11.3 Å². The first-order valence-corrected chi connectivity index (χ1v) is 10.9. The van der Waals surface area contributed by atoms with Crippen LogP contribution in [0.4, 0.5) is 5.69 Å². The summed E-state index contributed by atoms with van der Waals surface area (Å²) >= 11 is 6.89. The maximum atomic E-state index is 12.2. The van der Waals surface area contributed by atoms with Gasteiger partial charge in [0.1, 0.15) is 0 Å². The van der Waals surface area contributed by atoms with E-state index in [1.165, 1.54) is 23.2 Å². The summed E-state index contributed by atoms with van der Waals surface area (Å²) in [6.07, 6.45) is 4.19. The average molecular weight is 439 g/mol. The first kappa shape index (κ1) is 20.1. The molecule has 0 spiro atoms. The molecule has 0 unspecified atom stereocenters. The van der Waals surface area contributed by atoms with Crippen LogP contribution < -0.4 is 15.6 Å². The number of aromatic nitrogens is 2. The summed E-state index contributed by atoms with van der Waals surface area (Å²) in [5.41, 5.74) is 0.637. The van der Waals surface area contributed by atoms with Crippen molar-refractivity contribution in [1.82, 2.24) is 14.9 Å². The summed E-state index contributed by atoms with van der Waals surface area (Å²) in [6.45, 7) is -0.0474. The average Bonchev–Trinajstić information content (AvgIpc) is 3.09. The molecule has 11 heteroatoms. The molecule has 1 amide bonds. The third-order valence-electron chi connectivity index (χ3n) is 3.60. The molecule has 3 aromatic rings. The predicted molar refractivity (Wildman–Crippen MR) is 109 cm³/mol. The lowest BCUT2D eigenvalue weighted by Crippen LogP contribution is -2.30. The number of hydrogen-bond acceptors (Lipinski definition) is 6. The van der Waals surface area contributed by atoms with E-state index in [2.05, 4.69) is 15.0 Å². The Labute approximate surface area is 169 Å². The van der Waals surface area contributed by atoms with Crippen LogP contribution in [0.2, 0.25) is 4.34 Å². The molecule has 28 heavy (non-hydrogen) atoms. The van der Waals surface area contributed by atoms with Crippen LogP contribution in [0.3, 0.4) is 0 Å². The second-order valence-electron chi connectivity index (χ2n) is 5.61. The number of halogens is 1. The number of benzene rings is 1. The van der Waals surface area contributed by atoms with E-state index in [1.54, 1.807) is 36.4 Å². The van der Waals surface area contributed by atoms with E-state index in [0.717, 1.165) is 11.3 Å². The van der Waals surface area contributed by atoms with Gasteiger partial charge in [-0.25, -0.2) is 8.42 Å². The van der Waals surface area contributed by atoms with Crippen LogP contribution in [0, 0.1) is 0 Å². The van der Waals surface area contributed by atoms with Gasteiger partial charge in [0.2, 0.25) is 10.0 Å². The molecular weight excluding hydrogens is 424 g/mol. The van der Waals surface area contributed by atoms with Gasteiger partial charge in [0.05, 0.1) is 21.2 Å². The number of carbonyl (C=O) groups is 1. The highest BCUT2D eigenvalue weighted by molar-refractivity contribution is 7.92. The van der Waals surface area contributed by atoms with E-state index in [4.69, 9.17) is 11.6 Å². The van der Waals surface area contributed by atoms with Gasteiger partial charge < -0.3 is 5.32 Å². The van der Waals surface area contributed by atoms with Gasteiger partial charge in [0.15, 0.2) is 0 Å². The van der Waals surface area contributed by atoms with Gasteiger partial charge in [0.25, 0.3) is 11.5 Å². The van der Waals surface area contributed by atoms with E-state index in [1.807, 2.05) is 0 Å². The van der Waals surface area contributed by atoms with Crippen molar-refractivity contribution in [3.05, 3.63) is 74.6 Å². The lowest BCUT2D eigenvalue weighted by Gasteiger charge is -2.10. The molecule has 1 aromatic carbocycles. The minimum atomic E-state index is -3.66. The van der Waals surface area contributed by atoms with Crippen molar-refractivity contribution in [3.8, 4) is 5.69 Å². The van der Waals surface area contributed by atoms with Gasteiger partial charge in [0, 0.05) is 30.3 Å². The molecule has 0 saturated heterocycles. The Morgan fingerprint density at radius 2 is 1.93 bits per heavy atom. The number of hydrogen-bond donors (Lipinski definition) is 2. The summed E-state index contributed by atoms with van der Waals surface area (Å²) < 4.78 is 28.7. The molecule has 0 aliphatic carbocycles. The molecule has 2 heterocycles. The first-order chi connectivity index (χ1) is 13.3. The van der Waals surface area contributed by atoms with Crippen molar-refractivity contribution in [2.75, 3.05) is 17.0 Å². The van der Waals surface area contributed by atoms with Crippen LogP contribution in [0.1, 0.15) is 9.67 Å². The monoisotopic (exact) mass is 438 g/mol. The van der Waals surface area contributed by atoms with Crippen LogP contribution in [0.25, 0.3) is 5.69 Å². The lowest BCUT2D eigenvalue weighted by atomic mass is 10.3. The van der Waals surface area contributed by atoms with Gasteiger partial charge in [-0.05, 0) is 36.4 Å². The van der Waals surface area contributed by atoms with Crippen molar-refractivity contribution >= 4 is 44.6 Å². The van der Waals surface area contributed by atoms with E-state index in [9.17, 15) is 18.0 Å². The minimum absolute atomic E-state index is 0.0474.